The normalized spacial score (nSPS) is 9.18. The summed E-state index contributed by atoms with van der Waals surface area (Å²) in [5, 5.41) is 24.4. The second-order valence-electron chi connectivity index (χ2n) is 3.13. The molecule has 1 aromatic rings. The minimum atomic E-state index is -0.576. The smallest absolute Gasteiger partial charge is 0.292 e. The lowest BCUT2D eigenvalue weighted by atomic mass is 10.2. The second kappa shape index (κ2) is 5.46. The highest BCUT2D eigenvalue weighted by Crippen LogP contribution is 2.24. The Morgan fingerprint density at radius 2 is 2.29 bits per heavy atom. The number of anilines is 1. The number of nitro benzene ring substituents is 1. The molecule has 1 rings (SSSR count). The lowest BCUT2D eigenvalue weighted by Crippen LogP contribution is -2.26. The van der Waals surface area contributed by atoms with E-state index >= 15 is 0 Å². The molecule has 0 spiro atoms. The van der Waals surface area contributed by atoms with Crippen LogP contribution in [0.15, 0.2) is 18.2 Å². The molecule has 0 bridgehead atoms. The molecule has 0 aliphatic rings. The molecule has 0 radical (unpaired) electrons. The van der Waals surface area contributed by atoms with Crippen LogP contribution >= 0.6 is 0 Å². The minimum absolute atomic E-state index is 0.0910. The van der Waals surface area contributed by atoms with E-state index in [0.29, 0.717) is 0 Å². The summed E-state index contributed by atoms with van der Waals surface area (Å²) in [5.41, 5.74) is 0.264. The van der Waals surface area contributed by atoms with Gasteiger partial charge in [0.1, 0.15) is 5.69 Å². The van der Waals surface area contributed by atoms with Gasteiger partial charge >= 0.3 is 0 Å². The minimum Gasteiger partial charge on any atom is -0.371 e. The van der Waals surface area contributed by atoms with Crippen molar-refractivity contribution < 1.29 is 9.72 Å². The summed E-state index contributed by atoms with van der Waals surface area (Å²) < 4.78 is 0. The number of hydrogen-bond donors (Lipinski definition) is 2. The predicted octanol–water partition coefficient (Wildman–Crippen LogP) is 0.624. The van der Waals surface area contributed by atoms with Crippen LogP contribution < -0.4 is 10.6 Å². The highest BCUT2D eigenvalue weighted by Gasteiger charge is 2.14. The van der Waals surface area contributed by atoms with Gasteiger partial charge in [-0.1, -0.05) is 0 Å². The van der Waals surface area contributed by atoms with Crippen LogP contribution in [0.5, 0.6) is 0 Å². The Labute approximate surface area is 97.2 Å². The summed E-state index contributed by atoms with van der Waals surface area (Å²) in [4.78, 5) is 21.2. The van der Waals surface area contributed by atoms with E-state index in [1.807, 2.05) is 6.07 Å². The maximum atomic E-state index is 11.0. The fourth-order valence-electron chi connectivity index (χ4n) is 1.17. The van der Waals surface area contributed by atoms with Crippen molar-refractivity contribution in [3.63, 3.8) is 0 Å². The van der Waals surface area contributed by atoms with Crippen LogP contribution in [0.4, 0.5) is 11.4 Å². The summed E-state index contributed by atoms with van der Waals surface area (Å²) in [7, 11) is 1.46. The molecule has 1 amide bonds. The SMILES string of the molecule is CNC(=O)CNc1cc(C#N)ccc1[N+](=O)[O-]. The monoisotopic (exact) mass is 234 g/mol. The van der Waals surface area contributed by atoms with E-state index in [4.69, 9.17) is 5.26 Å². The fourth-order valence-corrected chi connectivity index (χ4v) is 1.17. The Bertz CT molecular complexity index is 493. The maximum Gasteiger partial charge on any atom is 0.292 e. The van der Waals surface area contributed by atoms with Gasteiger partial charge in [-0.15, -0.1) is 0 Å². The van der Waals surface area contributed by atoms with Gasteiger partial charge in [-0.25, -0.2) is 0 Å². The van der Waals surface area contributed by atoms with E-state index in [1.165, 1.54) is 25.2 Å². The molecule has 2 N–H and O–H groups in total. The molecule has 0 aromatic heterocycles. The van der Waals surface area contributed by atoms with E-state index in [1.54, 1.807) is 0 Å². The van der Waals surface area contributed by atoms with Crippen molar-refractivity contribution in [1.29, 1.82) is 5.26 Å². The van der Waals surface area contributed by atoms with Gasteiger partial charge in [0.25, 0.3) is 5.69 Å². The highest BCUT2D eigenvalue weighted by molar-refractivity contribution is 5.81. The molecule has 1 aromatic carbocycles. The molecule has 0 aliphatic heterocycles. The molecule has 7 nitrogen and oxygen atoms in total. The molecule has 0 saturated carbocycles. The Hall–Kier alpha value is -2.62. The van der Waals surface area contributed by atoms with Crippen LogP contribution in [0, 0.1) is 21.4 Å². The lowest BCUT2D eigenvalue weighted by molar-refractivity contribution is -0.384. The van der Waals surface area contributed by atoms with Crippen LogP contribution in [0.2, 0.25) is 0 Å². The van der Waals surface area contributed by atoms with Crippen molar-refractivity contribution in [2.75, 3.05) is 18.9 Å². The van der Waals surface area contributed by atoms with E-state index in [-0.39, 0.29) is 29.4 Å². The zero-order valence-corrected chi connectivity index (χ0v) is 9.06. The third kappa shape index (κ3) is 3.17. The standard InChI is InChI=1S/C10H10N4O3/c1-12-10(15)6-13-8-4-7(5-11)2-3-9(8)14(16)17/h2-4,13H,6H2,1H3,(H,12,15). The third-order valence-electron chi connectivity index (χ3n) is 2.04. The Balaban J connectivity index is 2.98. The average Bonchev–Trinajstić information content (AvgIpc) is 2.35. The number of nitriles is 1. The van der Waals surface area contributed by atoms with Crippen molar-refractivity contribution >= 4 is 17.3 Å². The number of rotatable bonds is 4. The Morgan fingerprint density at radius 1 is 1.59 bits per heavy atom. The summed E-state index contributed by atoms with van der Waals surface area (Å²) in [5.74, 6) is -0.304. The molecule has 88 valence electrons. The molecule has 0 saturated heterocycles. The van der Waals surface area contributed by atoms with Crippen molar-refractivity contribution in [3.8, 4) is 6.07 Å². The van der Waals surface area contributed by atoms with Gasteiger partial charge in [-0.3, -0.25) is 14.9 Å². The first-order valence-corrected chi connectivity index (χ1v) is 4.71. The Morgan fingerprint density at radius 3 is 2.82 bits per heavy atom. The van der Waals surface area contributed by atoms with E-state index in [2.05, 4.69) is 10.6 Å². The summed E-state index contributed by atoms with van der Waals surface area (Å²) in [6.45, 7) is -0.0910. The summed E-state index contributed by atoms with van der Waals surface area (Å²) in [6.07, 6.45) is 0. The Kier molecular flexibility index (Phi) is 4.00. The fraction of sp³-hybridized carbons (Fsp3) is 0.200. The van der Waals surface area contributed by atoms with Crippen LogP contribution in [0.25, 0.3) is 0 Å². The highest BCUT2D eigenvalue weighted by atomic mass is 16.6. The van der Waals surface area contributed by atoms with Crippen LogP contribution in [-0.2, 0) is 4.79 Å². The van der Waals surface area contributed by atoms with Crippen molar-refractivity contribution in [1.82, 2.24) is 5.32 Å². The number of nitro groups is 1. The predicted molar refractivity (Wildman–Crippen MR) is 60.4 cm³/mol. The molecule has 17 heavy (non-hydrogen) atoms. The molecular weight excluding hydrogens is 224 g/mol. The van der Waals surface area contributed by atoms with Gasteiger partial charge in [0, 0.05) is 13.1 Å². The topological polar surface area (TPSA) is 108 Å². The van der Waals surface area contributed by atoms with E-state index < -0.39 is 4.92 Å². The van der Waals surface area contributed by atoms with Crippen molar-refractivity contribution in [2.45, 2.75) is 0 Å². The van der Waals surface area contributed by atoms with Crippen LogP contribution in [0.3, 0.4) is 0 Å². The maximum absolute atomic E-state index is 11.0. The van der Waals surface area contributed by atoms with Crippen LogP contribution in [-0.4, -0.2) is 24.4 Å². The molecule has 0 heterocycles. The number of amides is 1. The van der Waals surface area contributed by atoms with Gasteiger partial charge in [0.2, 0.25) is 5.91 Å². The largest absolute Gasteiger partial charge is 0.371 e. The molecule has 0 fully saturated rings. The average molecular weight is 234 g/mol. The van der Waals surface area contributed by atoms with Crippen LogP contribution in [0.1, 0.15) is 5.56 Å². The number of benzene rings is 1. The second-order valence-corrected chi connectivity index (χ2v) is 3.13. The van der Waals surface area contributed by atoms with E-state index in [0.717, 1.165) is 0 Å². The van der Waals surface area contributed by atoms with Gasteiger partial charge in [-0.05, 0) is 12.1 Å². The number of likely N-dealkylation sites (N-methyl/N-ethyl adjacent to an activating group) is 1. The molecule has 0 unspecified atom stereocenters. The summed E-state index contributed by atoms with van der Waals surface area (Å²) in [6, 6.07) is 5.78. The number of nitrogens with zero attached hydrogens (tertiary/aromatic N) is 2. The first-order valence-electron chi connectivity index (χ1n) is 4.71. The molecule has 0 aliphatic carbocycles. The first kappa shape index (κ1) is 12.4. The molecular formula is C10H10N4O3. The van der Waals surface area contributed by atoms with Crippen molar-refractivity contribution in [2.24, 2.45) is 0 Å². The third-order valence-corrected chi connectivity index (χ3v) is 2.04. The van der Waals surface area contributed by atoms with Gasteiger partial charge in [0.05, 0.1) is 23.1 Å². The van der Waals surface area contributed by atoms with Gasteiger partial charge in [-0.2, -0.15) is 5.26 Å². The number of nitrogens with one attached hydrogen (secondary N) is 2. The van der Waals surface area contributed by atoms with Gasteiger partial charge < -0.3 is 10.6 Å². The number of carbonyl (C=O) groups excluding carboxylic acids is 1. The zero-order valence-electron chi connectivity index (χ0n) is 9.06. The zero-order chi connectivity index (χ0) is 12.8. The lowest BCUT2D eigenvalue weighted by Gasteiger charge is -2.06. The number of hydrogen-bond acceptors (Lipinski definition) is 5. The van der Waals surface area contributed by atoms with E-state index in [9.17, 15) is 14.9 Å². The first-order chi connectivity index (χ1) is 8.08. The summed E-state index contributed by atoms with van der Waals surface area (Å²) >= 11 is 0. The number of carbonyl (C=O) groups is 1. The molecule has 0 atom stereocenters. The van der Waals surface area contributed by atoms with Gasteiger partial charge in [0.15, 0.2) is 0 Å². The molecule has 7 heteroatoms. The quantitative estimate of drug-likeness (QED) is 0.586. The van der Waals surface area contributed by atoms with Crippen molar-refractivity contribution in [3.05, 3.63) is 33.9 Å².